The average Bonchev–Trinajstić information content (AvgIpc) is 3.38. The van der Waals surface area contributed by atoms with Crippen molar-refractivity contribution in [3.8, 4) is 11.3 Å². The van der Waals surface area contributed by atoms with E-state index in [1.165, 1.54) is 5.56 Å². The summed E-state index contributed by atoms with van der Waals surface area (Å²) in [4.78, 5) is 15.1. The Labute approximate surface area is 195 Å². The van der Waals surface area contributed by atoms with Crippen LogP contribution in [0.3, 0.4) is 0 Å². The standard InChI is InChI=1S/C26H30N2O4S/c1-18-5-9-20(10-6-18)24-15-23(27-32-24)25(29)28(22-13-14-33(30,31)17-22)16-19-7-11-21(12-8-19)26(2,3)4/h5-12,15,22H,13-14,16-17H2,1-4H3/t22-/m0/s1. The summed E-state index contributed by atoms with van der Waals surface area (Å²) in [7, 11) is -3.15. The minimum Gasteiger partial charge on any atom is -0.355 e. The second kappa shape index (κ2) is 8.78. The van der Waals surface area contributed by atoms with Gasteiger partial charge in [0, 0.05) is 24.2 Å². The van der Waals surface area contributed by atoms with Gasteiger partial charge in [0.1, 0.15) is 0 Å². The number of amides is 1. The predicted molar refractivity (Wildman–Crippen MR) is 129 cm³/mol. The van der Waals surface area contributed by atoms with Crippen molar-refractivity contribution in [3.05, 3.63) is 77.0 Å². The Kier molecular flexibility index (Phi) is 6.18. The number of nitrogens with zero attached hydrogens (tertiary/aromatic N) is 2. The first-order valence-electron chi connectivity index (χ1n) is 11.2. The number of carbonyl (C=O) groups is 1. The number of aryl methyl sites for hydroxylation is 1. The van der Waals surface area contributed by atoms with Gasteiger partial charge in [0.25, 0.3) is 5.91 Å². The second-order valence-corrected chi connectivity index (χ2v) is 12.1. The van der Waals surface area contributed by atoms with Crippen LogP contribution in [0.1, 0.15) is 54.4 Å². The summed E-state index contributed by atoms with van der Waals surface area (Å²) in [6.07, 6.45) is 0.427. The molecule has 2 heterocycles. The van der Waals surface area contributed by atoms with E-state index in [2.05, 4.69) is 38.1 Å². The lowest BCUT2D eigenvalue weighted by atomic mass is 9.86. The first-order valence-corrected chi connectivity index (χ1v) is 13.0. The molecule has 0 radical (unpaired) electrons. The van der Waals surface area contributed by atoms with Gasteiger partial charge in [0.15, 0.2) is 21.3 Å². The minimum atomic E-state index is -3.15. The molecule has 7 heteroatoms. The SMILES string of the molecule is Cc1ccc(-c2cc(C(=O)N(Cc3ccc(C(C)(C)C)cc3)[C@H]3CCS(=O)(=O)C3)no2)cc1. The lowest BCUT2D eigenvalue weighted by Crippen LogP contribution is -2.40. The van der Waals surface area contributed by atoms with Gasteiger partial charge in [-0.2, -0.15) is 0 Å². The highest BCUT2D eigenvalue weighted by Crippen LogP contribution is 2.27. The molecule has 0 spiro atoms. The van der Waals surface area contributed by atoms with Crippen LogP contribution < -0.4 is 0 Å². The number of carbonyl (C=O) groups excluding carboxylic acids is 1. The first kappa shape index (κ1) is 23.2. The van der Waals surface area contributed by atoms with Gasteiger partial charge in [-0.1, -0.05) is 80.0 Å². The highest BCUT2D eigenvalue weighted by Gasteiger charge is 2.36. The van der Waals surface area contributed by atoms with Crippen LogP contribution in [0.4, 0.5) is 0 Å². The highest BCUT2D eigenvalue weighted by molar-refractivity contribution is 7.91. The Morgan fingerprint density at radius 3 is 2.33 bits per heavy atom. The van der Waals surface area contributed by atoms with Crippen LogP contribution in [0.2, 0.25) is 0 Å². The molecule has 0 bridgehead atoms. The molecule has 174 valence electrons. The quantitative estimate of drug-likeness (QED) is 0.541. The number of hydrogen-bond acceptors (Lipinski definition) is 5. The third-order valence-electron chi connectivity index (χ3n) is 6.15. The third kappa shape index (κ3) is 5.36. The topological polar surface area (TPSA) is 80.5 Å². The van der Waals surface area contributed by atoms with E-state index in [1.54, 1.807) is 11.0 Å². The Balaban J connectivity index is 1.61. The molecule has 33 heavy (non-hydrogen) atoms. The molecule has 0 saturated carbocycles. The number of aromatic nitrogens is 1. The molecule has 1 aliphatic heterocycles. The maximum atomic E-state index is 13.5. The van der Waals surface area contributed by atoms with Crippen molar-refractivity contribution in [2.24, 2.45) is 0 Å². The maximum Gasteiger partial charge on any atom is 0.276 e. The molecule has 1 aliphatic rings. The maximum absolute atomic E-state index is 13.5. The lowest BCUT2D eigenvalue weighted by Gasteiger charge is -2.28. The Hall–Kier alpha value is -2.93. The van der Waals surface area contributed by atoms with Gasteiger partial charge in [-0.3, -0.25) is 4.79 Å². The molecule has 2 aromatic carbocycles. The number of rotatable bonds is 5. The van der Waals surface area contributed by atoms with Crippen LogP contribution in [0.25, 0.3) is 11.3 Å². The van der Waals surface area contributed by atoms with E-state index in [1.807, 2.05) is 43.3 Å². The smallest absolute Gasteiger partial charge is 0.276 e. The molecule has 1 atom stereocenters. The van der Waals surface area contributed by atoms with Gasteiger partial charge < -0.3 is 9.42 Å². The zero-order chi connectivity index (χ0) is 23.8. The fourth-order valence-electron chi connectivity index (χ4n) is 4.07. The predicted octanol–water partition coefficient (Wildman–Crippen LogP) is 4.78. The largest absolute Gasteiger partial charge is 0.355 e. The Bertz CT molecular complexity index is 1240. The van der Waals surface area contributed by atoms with E-state index < -0.39 is 9.84 Å². The van der Waals surface area contributed by atoms with E-state index in [9.17, 15) is 13.2 Å². The monoisotopic (exact) mass is 466 g/mol. The Morgan fingerprint density at radius 2 is 1.76 bits per heavy atom. The number of sulfone groups is 1. The number of benzene rings is 2. The van der Waals surface area contributed by atoms with Crippen LogP contribution in [-0.4, -0.2) is 41.9 Å². The minimum absolute atomic E-state index is 0.0263. The molecule has 1 amide bonds. The molecule has 0 aliphatic carbocycles. The first-order chi connectivity index (χ1) is 15.5. The summed E-state index contributed by atoms with van der Waals surface area (Å²) in [5.41, 5.74) is 4.32. The fraction of sp³-hybridized carbons (Fsp3) is 0.385. The van der Waals surface area contributed by atoms with Crippen molar-refractivity contribution < 1.29 is 17.7 Å². The summed E-state index contributed by atoms with van der Waals surface area (Å²) >= 11 is 0. The summed E-state index contributed by atoms with van der Waals surface area (Å²) in [5.74, 6) is 0.255. The van der Waals surface area contributed by atoms with E-state index in [4.69, 9.17) is 4.52 Å². The molecule has 6 nitrogen and oxygen atoms in total. The van der Waals surface area contributed by atoms with Gasteiger partial charge >= 0.3 is 0 Å². The molecule has 1 saturated heterocycles. The molecule has 3 aromatic rings. The normalized spacial score (nSPS) is 17.8. The van der Waals surface area contributed by atoms with E-state index >= 15 is 0 Å². The van der Waals surface area contributed by atoms with Gasteiger partial charge in [-0.05, 0) is 29.9 Å². The highest BCUT2D eigenvalue weighted by atomic mass is 32.2. The van der Waals surface area contributed by atoms with E-state index in [0.717, 1.165) is 16.7 Å². The summed E-state index contributed by atoms with van der Waals surface area (Å²) in [6, 6.07) is 17.2. The van der Waals surface area contributed by atoms with Gasteiger partial charge in [0.05, 0.1) is 11.5 Å². The lowest BCUT2D eigenvalue weighted by molar-refractivity contribution is 0.0670. The molecule has 0 unspecified atom stereocenters. The molecular weight excluding hydrogens is 436 g/mol. The average molecular weight is 467 g/mol. The van der Waals surface area contributed by atoms with Crippen LogP contribution in [0, 0.1) is 6.92 Å². The van der Waals surface area contributed by atoms with Crippen LogP contribution in [0.15, 0.2) is 59.1 Å². The molecule has 1 fully saturated rings. The van der Waals surface area contributed by atoms with Gasteiger partial charge in [-0.25, -0.2) is 8.42 Å². The van der Waals surface area contributed by atoms with Crippen LogP contribution in [0.5, 0.6) is 0 Å². The molecular formula is C26H30N2O4S. The molecule has 4 rings (SSSR count). The summed E-state index contributed by atoms with van der Waals surface area (Å²) in [5, 5.41) is 4.02. The summed E-state index contributed by atoms with van der Waals surface area (Å²) in [6.45, 7) is 8.77. The van der Waals surface area contributed by atoms with Crippen LogP contribution in [-0.2, 0) is 21.8 Å². The zero-order valence-electron chi connectivity index (χ0n) is 19.5. The van der Waals surface area contributed by atoms with Gasteiger partial charge in [0.2, 0.25) is 0 Å². The van der Waals surface area contributed by atoms with Crippen molar-refractivity contribution >= 4 is 15.7 Å². The van der Waals surface area contributed by atoms with E-state index in [-0.39, 0.29) is 34.6 Å². The van der Waals surface area contributed by atoms with Crippen molar-refractivity contribution in [2.75, 3.05) is 11.5 Å². The van der Waals surface area contributed by atoms with Gasteiger partial charge in [-0.15, -0.1) is 0 Å². The van der Waals surface area contributed by atoms with E-state index in [0.29, 0.717) is 18.7 Å². The van der Waals surface area contributed by atoms with Crippen molar-refractivity contribution in [1.29, 1.82) is 0 Å². The zero-order valence-corrected chi connectivity index (χ0v) is 20.4. The van der Waals surface area contributed by atoms with Crippen LogP contribution >= 0.6 is 0 Å². The van der Waals surface area contributed by atoms with Crippen molar-refractivity contribution in [2.45, 2.75) is 52.1 Å². The second-order valence-electron chi connectivity index (χ2n) is 9.88. The van der Waals surface area contributed by atoms with Crippen molar-refractivity contribution in [1.82, 2.24) is 10.1 Å². The fourth-order valence-corrected chi connectivity index (χ4v) is 5.80. The number of hydrogen-bond donors (Lipinski definition) is 0. The Morgan fingerprint density at radius 1 is 1.09 bits per heavy atom. The third-order valence-corrected chi connectivity index (χ3v) is 7.90. The molecule has 1 aromatic heterocycles. The summed E-state index contributed by atoms with van der Waals surface area (Å²) < 4.78 is 29.8. The molecule has 0 N–H and O–H groups in total. The van der Waals surface area contributed by atoms with Crippen molar-refractivity contribution in [3.63, 3.8) is 0 Å².